The van der Waals surface area contributed by atoms with Crippen LogP contribution in [0.1, 0.15) is 18.1 Å². The molecule has 1 atom stereocenters. The molecule has 2 rings (SSSR count). The number of nitrogens with one attached hydrogen (secondary N) is 2. The molecule has 0 radical (unpaired) electrons. The molecule has 2 aromatic carbocycles. The Kier molecular flexibility index (Phi) is 6.13. The van der Waals surface area contributed by atoms with Crippen molar-refractivity contribution < 1.29 is 14.1 Å². The zero-order valence-corrected chi connectivity index (χ0v) is 14.1. The van der Waals surface area contributed by atoms with E-state index in [0.29, 0.717) is 17.1 Å². The molecule has 0 aliphatic heterocycles. The van der Waals surface area contributed by atoms with Gasteiger partial charge < -0.3 is 10.2 Å². The molecule has 3 nitrogen and oxygen atoms in total. The zero-order chi connectivity index (χ0) is 16.8. The fourth-order valence-electron chi connectivity index (χ4n) is 2.37. The maximum absolute atomic E-state index is 13.8. The average Bonchev–Trinajstić information content (AvgIpc) is 2.51. The van der Waals surface area contributed by atoms with E-state index in [9.17, 15) is 9.18 Å². The van der Waals surface area contributed by atoms with Gasteiger partial charge in [0, 0.05) is 5.69 Å². The third-order valence-corrected chi connectivity index (χ3v) is 4.00. The first kappa shape index (κ1) is 17.4. The van der Waals surface area contributed by atoms with E-state index in [1.54, 1.807) is 12.1 Å². The van der Waals surface area contributed by atoms with Crippen LogP contribution in [0, 0.1) is 5.82 Å². The van der Waals surface area contributed by atoms with Crippen LogP contribution >= 0.6 is 11.6 Å². The number of carbonyl (C=O) groups excluding carboxylic acids is 1. The summed E-state index contributed by atoms with van der Waals surface area (Å²) >= 11 is 6.01. The molecule has 0 fully saturated rings. The highest BCUT2D eigenvalue weighted by Gasteiger charge is 2.15. The minimum Gasteiger partial charge on any atom is -0.326 e. The number of quaternary nitrogens is 1. The van der Waals surface area contributed by atoms with E-state index in [4.69, 9.17) is 11.6 Å². The Morgan fingerprint density at radius 3 is 2.52 bits per heavy atom. The van der Waals surface area contributed by atoms with E-state index in [-0.39, 0.29) is 18.3 Å². The maximum Gasteiger partial charge on any atom is 0.279 e. The number of benzene rings is 2. The van der Waals surface area contributed by atoms with Crippen molar-refractivity contribution in [2.24, 2.45) is 0 Å². The van der Waals surface area contributed by atoms with E-state index in [2.05, 4.69) is 12.2 Å². The zero-order valence-electron chi connectivity index (χ0n) is 13.3. The number of hydrogen-bond donors (Lipinski definition) is 2. The van der Waals surface area contributed by atoms with Crippen LogP contribution in [-0.2, 0) is 17.8 Å². The van der Waals surface area contributed by atoms with Gasteiger partial charge in [-0.2, -0.15) is 0 Å². The van der Waals surface area contributed by atoms with Gasteiger partial charge in [-0.15, -0.1) is 0 Å². The molecule has 2 N–H and O–H groups in total. The normalized spacial score (nSPS) is 12.0. The summed E-state index contributed by atoms with van der Waals surface area (Å²) < 4.78 is 13.8. The summed E-state index contributed by atoms with van der Waals surface area (Å²) in [5.41, 5.74) is 2.43. The van der Waals surface area contributed by atoms with Crippen molar-refractivity contribution in [1.82, 2.24) is 0 Å². The monoisotopic (exact) mass is 335 g/mol. The second-order valence-corrected chi connectivity index (χ2v) is 6.02. The number of hydrogen-bond acceptors (Lipinski definition) is 1. The van der Waals surface area contributed by atoms with E-state index < -0.39 is 0 Å². The molecule has 0 saturated carbocycles. The highest BCUT2D eigenvalue weighted by Crippen LogP contribution is 2.17. The van der Waals surface area contributed by atoms with Crippen molar-refractivity contribution in [1.29, 1.82) is 0 Å². The molecule has 122 valence electrons. The molecule has 2 aromatic rings. The molecule has 0 saturated heterocycles. The quantitative estimate of drug-likeness (QED) is 0.836. The molecule has 1 unspecified atom stereocenters. The Morgan fingerprint density at radius 1 is 1.22 bits per heavy atom. The molecular formula is C18H21ClFN2O+. The predicted molar refractivity (Wildman–Crippen MR) is 91.3 cm³/mol. The van der Waals surface area contributed by atoms with Gasteiger partial charge >= 0.3 is 0 Å². The van der Waals surface area contributed by atoms with Gasteiger partial charge in [-0.3, -0.25) is 4.79 Å². The molecule has 0 heterocycles. The minimum atomic E-state index is -0.340. The molecule has 0 bridgehead atoms. The second kappa shape index (κ2) is 8.09. The Hall–Kier alpha value is -1.91. The van der Waals surface area contributed by atoms with Crippen molar-refractivity contribution in [3.8, 4) is 0 Å². The molecule has 1 amide bonds. The lowest BCUT2D eigenvalue weighted by molar-refractivity contribution is -0.885. The Morgan fingerprint density at radius 2 is 1.91 bits per heavy atom. The van der Waals surface area contributed by atoms with Crippen LogP contribution in [0.4, 0.5) is 10.1 Å². The summed E-state index contributed by atoms with van der Waals surface area (Å²) in [5, 5.41) is 3.24. The fraction of sp³-hybridized carbons (Fsp3) is 0.278. The van der Waals surface area contributed by atoms with E-state index in [0.717, 1.165) is 17.0 Å². The lowest BCUT2D eigenvalue weighted by Gasteiger charge is -2.15. The Balaban J connectivity index is 1.91. The average molecular weight is 336 g/mol. The first-order valence-corrected chi connectivity index (χ1v) is 8.00. The maximum atomic E-state index is 13.8. The Bertz CT molecular complexity index is 653. The number of halogens is 2. The summed E-state index contributed by atoms with van der Waals surface area (Å²) in [6.07, 6.45) is 0.963. The number of rotatable bonds is 6. The van der Waals surface area contributed by atoms with E-state index in [1.807, 2.05) is 31.3 Å². The van der Waals surface area contributed by atoms with Crippen molar-refractivity contribution in [2.45, 2.75) is 19.9 Å². The largest absolute Gasteiger partial charge is 0.326 e. The van der Waals surface area contributed by atoms with E-state index >= 15 is 0 Å². The van der Waals surface area contributed by atoms with Crippen molar-refractivity contribution in [3.63, 3.8) is 0 Å². The van der Waals surface area contributed by atoms with Gasteiger partial charge in [-0.05, 0) is 36.2 Å². The van der Waals surface area contributed by atoms with Crippen LogP contribution in [0.25, 0.3) is 0 Å². The second-order valence-electron chi connectivity index (χ2n) is 5.61. The van der Waals surface area contributed by atoms with Crippen LogP contribution in [-0.4, -0.2) is 19.5 Å². The van der Waals surface area contributed by atoms with Crippen LogP contribution in [0.2, 0.25) is 5.02 Å². The standard InChI is InChI=1S/C18H20ClFN2O/c1-3-13-7-9-14(10-8-13)21-18(23)12-22(2)11-15-16(19)5-4-6-17(15)20/h4-10H,3,11-12H2,1-2H3,(H,21,23)/p+1. The highest BCUT2D eigenvalue weighted by atomic mass is 35.5. The van der Waals surface area contributed by atoms with Gasteiger partial charge in [0.25, 0.3) is 5.91 Å². The van der Waals surface area contributed by atoms with E-state index in [1.165, 1.54) is 11.6 Å². The van der Waals surface area contributed by atoms with Gasteiger partial charge in [0.05, 0.1) is 17.6 Å². The highest BCUT2D eigenvalue weighted by molar-refractivity contribution is 6.31. The lowest BCUT2D eigenvalue weighted by Crippen LogP contribution is -3.08. The topological polar surface area (TPSA) is 33.5 Å². The molecule has 23 heavy (non-hydrogen) atoms. The molecule has 0 spiro atoms. The minimum absolute atomic E-state index is 0.112. The molecule has 0 aromatic heterocycles. The molecule has 0 aliphatic rings. The van der Waals surface area contributed by atoms with Gasteiger partial charge in [0.1, 0.15) is 12.4 Å². The van der Waals surface area contributed by atoms with Crippen molar-refractivity contribution in [3.05, 3.63) is 64.4 Å². The number of anilines is 1. The number of likely N-dealkylation sites (N-methyl/N-ethyl adjacent to an activating group) is 1. The van der Waals surface area contributed by atoms with Crippen LogP contribution in [0.5, 0.6) is 0 Å². The fourth-order valence-corrected chi connectivity index (χ4v) is 2.60. The van der Waals surface area contributed by atoms with Crippen molar-refractivity contribution in [2.75, 3.05) is 18.9 Å². The van der Waals surface area contributed by atoms with Gasteiger partial charge in [0.2, 0.25) is 0 Å². The van der Waals surface area contributed by atoms with Gasteiger partial charge in [-0.1, -0.05) is 36.7 Å². The molecule has 0 aliphatic carbocycles. The summed E-state index contributed by atoms with van der Waals surface area (Å²) in [4.78, 5) is 12.9. The van der Waals surface area contributed by atoms with Gasteiger partial charge in [0.15, 0.2) is 6.54 Å². The predicted octanol–water partition coefficient (Wildman–Crippen LogP) is 2.69. The Labute approximate surface area is 141 Å². The molecule has 5 heteroatoms. The van der Waals surface area contributed by atoms with Crippen molar-refractivity contribution >= 4 is 23.2 Å². The number of carbonyl (C=O) groups is 1. The third-order valence-electron chi connectivity index (χ3n) is 3.65. The molecular weight excluding hydrogens is 315 g/mol. The summed E-state index contributed by atoms with van der Waals surface area (Å²) in [5.74, 6) is -0.452. The SMILES string of the molecule is CCc1ccc(NC(=O)C[NH+](C)Cc2c(F)cccc2Cl)cc1. The summed E-state index contributed by atoms with van der Waals surface area (Å²) in [6, 6.07) is 12.4. The lowest BCUT2D eigenvalue weighted by atomic mass is 10.1. The third kappa shape index (κ3) is 5.05. The van der Waals surface area contributed by atoms with Crippen LogP contribution in [0.15, 0.2) is 42.5 Å². The smallest absolute Gasteiger partial charge is 0.279 e. The number of aryl methyl sites for hydroxylation is 1. The summed E-state index contributed by atoms with van der Waals surface area (Å²) in [7, 11) is 1.84. The first-order chi connectivity index (χ1) is 11.0. The van der Waals surface area contributed by atoms with Gasteiger partial charge in [-0.25, -0.2) is 4.39 Å². The first-order valence-electron chi connectivity index (χ1n) is 7.62. The van der Waals surface area contributed by atoms with Crippen LogP contribution < -0.4 is 10.2 Å². The number of amides is 1. The summed E-state index contributed by atoms with van der Waals surface area (Å²) in [6.45, 7) is 2.67. The van der Waals surface area contributed by atoms with Crippen LogP contribution in [0.3, 0.4) is 0 Å².